The molecule has 170 valence electrons. The highest BCUT2D eigenvalue weighted by molar-refractivity contribution is 5.90. The summed E-state index contributed by atoms with van der Waals surface area (Å²) in [7, 11) is 3.46. The van der Waals surface area contributed by atoms with Crippen LogP contribution in [0.25, 0.3) is 0 Å². The summed E-state index contributed by atoms with van der Waals surface area (Å²) in [6.45, 7) is 16.5. The van der Waals surface area contributed by atoms with Gasteiger partial charge in [-0.1, -0.05) is 57.6 Å². The van der Waals surface area contributed by atoms with Crippen LogP contribution in [0.4, 0.5) is 0 Å². The third kappa shape index (κ3) is 9.39. The molecule has 0 rings (SSSR count). The van der Waals surface area contributed by atoms with E-state index in [1.807, 2.05) is 20.0 Å². The van der Waals surface area contributed by atoms with Gasteiger partial charge in [-0.2, -0.15) is 10.1 Å². The maximum absolute atomic E-state index is 11.4. The number of rotatable bonds is 11. The van der Waals surface area contributed by atoms with E-state index in [9.17, 15) is 4.79 Å². The van der Waals surface area contributed by atoms with E-state index in [1.54, 1.807) is 7.05 Å². The SMILES string of the molecule is C/C=C\C(C)(C/C=C(\C)CN/C=N/N(C=O)/C(=N\C)N/C(=C\C)CNC)C(C)(C)C. The molecule has 0 aromatic rings. The van der Waals surface area contributed by atoms with E-state index in [0.29, 0.717) is 25.5 Å². The van der Waals surface area contributed by atoms with Gasteiger partial charge in [-0.3, -0.25) is 9.79 Å². The second-order valence-electron chi connectivity index (χ2n) is 8.51. The molecule has 0 radical (unpaired) electrons. The second kappa shape index (κ2) is 13.7. The molecule has 0 aromatic carbocycles. The second-order valence-corrected chi connectivity index (χ2v) is 8.51. The van der Waals surface area contributed by atoms with Gasteiger partial charge in [0.15, 0.2) is 0 Å². The zero-order chi connectivity index (χ0) is 23.2. The number of amides is 1. The van der Waals surface area contributed by atoms with Crippen LogP contribution in [0.15, 0.2) is 45.7 Å². The first-order chi connectivity index (χ1) is 14.1. The number of nitrogens with zero attached hydrogens (tertiary/aromatic N) is 3. The molecule has 1 unspecified atom stereocenters. The van der Waals surface area contributed by atoms with Crippen molar-refractivity contribution < 1.29 is 4.79 Å². The maximum Gasteiger partial charge on any atom is 0.237 e. The Hall–Kier alpha value is -2.41. The van der Waals surface area contributed by atoms with Crippen molar-refractivity contribution in [1.29, 1.82) is 0 Å². The van der Waals surface area contributed by atoms with E-state index in [-0.39, 0.29) is 10.8 Å². The average molecular weight is 419 g/mol. The van der Waals surface area contributed by atoms with Crippen LogP contribution >= 0.6 is 0 Å². The van der Waals surface area contributed by atoms with Crippen LogP contribution in [0.2, 0.25) is 0 Å². The summed E-state index contributed by atoms with van der Waals surface area (Å²) in [5, 5.41) is 14.6. The fourth-order valence-corrected chi connectivity index (χ4v) is 2.66. The highest BCUT2D eigenvalue weighted by Crippen LogP contribution is 2.43. The maximum atomic E-state index is 11.4. The van der Waals surface area contributed by atoms with E-state index >= 15 is 0 Å². The minimum absolute atomic E-state index is 0.0847. The van der Waals surface area contributed by atoms with Crippen molar-refractivity contribution >= 4 is 18.7 Å². The van der Waals surface area contributed by atoms with Gasteiger partial charge in [0, 0.05) is 25.8 Å². The number of hydrazone groups is 1. The molecule has 7 nitrogen and oxygen atoms in total. The first-order valence-corrected chi connectivity index (χ1v) is 10.4. The zero-order valence-corrected chi connectivity index (χ0v) is 20.3. The summed E-state index contributed by atoms with van der Waals surface area (Å²) in [5.41, 5.74) is 2.36. The molecule has 0 aliphatic carbocycles. The number of carbonyl (C=O) groups excluding carboxylic acids is 1. The van der Waals surface area contributed by atoms with Crippen molar-refractivity contribution in [3.05, 3.63) is 35.6 Å². The van der Waals surface area contributed by atoms with Crippen LogP contribution < -0.4 is 16.0 Å². The van der Waals surface area contributed by atoms with Crippen LogP contribution in [0, 0.1) is 10.8 Å². The van der Waals surface area contributed by atoms with Crippen LogP contribution in [0.1, 0.15) is 54.9 Å². The van der Waals surface area contributed by atoms with E-state index in [0.717, 1.165) is 17.1 Å². The van der Waals surface area contributed by atoms with Crippen LogP contribution in [0.3, 0.4) is 0 Å². The van der Waals surface area contributed by atoms with Gasteiger partial charge >= 0.3 is 0 Å². The Kier molecular flexibility index (Phi) is 12.6. The Bertz CT molecular complexity index is 670. The predicted octanol–water partition coefficient (Wildman–Crippen LogP) is 3.64. The molecule has 0 aromatic heterocycles. The first kappa shape index (κ1) is 27.6. The molecule has 0 fully saturated rings. The lowest BCUT2D eigenvalue weighted by molar-refractivity contribution is -0.115. The molecule has 1 atom stereocenters. The number of nitrogens with one attached hydrogen (secondary N) is 3. The molecule has 0 heterocycles. The molecule has 0 aliphatic heterocycles. The summed E-state index contributed by atoms with van der Waals surface area (Å²) >= 11 is 0. The molecule has 3 N–H and O–H groups in total. The monoisotopic (exact) mass is 418 g/mol. The van der Waals surface area contributed by atoms with Crippen LogP contribution in [-0.4, -0.2) is 50.9 Å². The molecule has 0 aliphatic rings. The van der Waals surface area contributed by atoms with Gasteiger partial charge < -0.3 is 16.0 Å². The van der Waals surface area contributed by atoms with Crippen molar-refractivity contribution in [2.75, 3.05) is 27.2 Å². The van der Waals surface area contributed by atoms with E-state index in [2.05, 4.69) is 85.8 Å². The van der Waals surface area contributed by atoms with E-state index in [1.165, 1.54) is 11.9 Å². The molecular weight excluding hydrogens is 376 g/mol. The molecule has 0 saturated heterocycles. The Morgan fingerprint density at radius 2 is 1.80 bits per heavy atom. The topological polar surface area (TPSA) is 81.1 Å². The summed E-state index contributed by atoms with van der Waals surface area (Å²) in [6, 6.07) is 0. The number of aliphatic imine (C=N–C) groups is 1. The summed E-state index contributed by atoms with van der Waals surface area (Å²) in [6.07, 6.45) is 11.7. The Balaban J connectivity index is 4.94. The number of allylic oxidation sites excluding steroid dienone is 4. The number of carbonyl (C=O) groups is 1. The van der Waals surface area contributed by atoms with Crippen molar-refractivity contribution in [2.45, 2.75) is 54.9 Å². The lowest BCUT2D eigenvalue weighted by Gasteiger charge is -2.39. The molecule has 30 heavy (non-hydrogen) atoms. The highest BCUT2D eigenvalue weighted by Gasteiger charge is 2.33. The molecule has 7 heteroatoms. The van der Waals surface area contributed by atoms with E-state index in [4.69, 9.17) is 0 Å². The standard InChI is InChI=1S/C23H42N6O/c1-10-13-23(7,22(4,5)6)14-12-19(3)15-26-17-27-29(18-30)21(25-9)28-20(11-2)16-24-8/h10-13,17-18,24H,14-16H2,1-9H3,(H,25,28)(H,26,27)/b13-10-,19-12+,20-11-. The average Bonchev–Trinajstić information content (AvgIpc) is 2.69. The van der Waals surface area contributed by atoms with Crippen molar-refractivity contribution in [1.82, 2.24) is 21.0 Å². The molecule has 1 amide bonds. The largest absolute Gasteiger partial charge is 0.371 e. The lowest BCUT2D eigenvalue weighted by atomic mass is 9.65. The van der Waals surface area contributed by atoms with Gasteiger partial charge in [0.2, 0.25) is 12.4 Å². The minimum Gasteiger partial charge on any atom is -0.371 e. The smallest absolute Gasteiger partial charge is 0.237 e. The molecule has 0 spiro atoms. The third-order valence-electron chi connectivity index (χ3n) is 5.29. The highest BCUT2D eigenvalue weighted by atomic mass is 16.1. The normalized spacial score (nSPS) is 16.1. The number of hydrogen-bond donors (Lipinski definition) is 3. The van der Waals surface area contributed by atoms with Gasteiger partial charge in [0.1, 0.15) is 6.34 Å². The first-order valence-electron chi connectivity index (χ1n) is 10.4. The lowest BCUT2D eigenvalue weighted by Crippen LogP contribution is -2.39. The van der Waals surface area contributed by atoms with Gasteiger partial charge in [0.05, 0.1) is 0 Å². The van der Waals surface area contributed by atoms with Gasteiger partial charge in [-0.15, -0.1) is 0 Å². The number of hydrogen-bond acceptors (Lipinski definition) is 4. The number of guanidine groups is 1. The summed E-state index contributed by atoms with van der Waals surface area (Å²) in [4.78, 5) is 15.6. The van der Waals surface area contributed by atoms with Crippen molar-refractivity contribution in [2.24, 2.45) is 20.9 Å². The minimum atomic E-state index is 0.0847. The van der Waals surface area contributed by atoms with Crippen molar-refractivity contribution in [3.8, 4) is 0 Å². The van der Waals surface area contributed by atoms with Crippen LogP contribution in [0.5, 0.6) is 0 Å². The van der Waals surface area contributed by atoms with E-state index < -0.39 is 0 Å². The fourth-order valence-electron chi connectivity index (χ4n) is 2.66. The Morgan fingerprint density at radius 3 is 2.27 bits per heavy atom. The number of likely N-dealkylation sites (N-methyl/N-ethyl adjacent to an activating group) is 1. The van der Waals surface area contributed by atoms with Gasteiger partial charge in [-0.05, 0) is 45.1 Å². The summed E-state index contributed by atoms with van der Waals surface area (Å²) in [5.74, 6) is 0.353. The van der Waals surface area contributed by atoms with Crippen LogP contribution in [-0.2, 0) is 4.79 Å². The summed E-state index contributed by atoms with van der Waals surface area (Å²) < 4.78 is 0. The predicted molar refractivity (Wildman–Crippen MR) is 129 cm³/mol. The fraction of sp³-hybridized carbons (Fsp3) is 0.609. The Morgan fingerprint density at radius 1 is 1.13 bits per heavy atom. The van der Waals surface area contributed by atoms with Crippen molar-refractivity contribution in [3.63, 3.8) is 0 Å². The Labute approximate surface area is 183 Å². The molecule has 0 saturated carbocycles. The molecule has 0 bridgehead atoms. The quantitative estimate of drug-likeness (QED) is 0.157. The third-order valence-corrected chi connectivity index (χ3v) is 5.29. The van der Waals surface area contributed by atoms with Gasteiger partial charge in [-0.25, -0.2) is 0 Å². The molecular formula is C23H42N6O. The van der Waals surface area contributed by atoms with Gasteiger partial charge in [0.25, 0.3) is 0 Å². The zero-order valence-electron chi connectivity index (χ0n) is 20.3.